The van der Waals surface area contributed by atoms with E-state index in [1.807, 2.05) is 20.8 Å². The molecule has 4 nitrogen and oxygen atoms in total. The maximum Gasteiger partial charge on any atom is 0.407 e. The summed E-state index contributed by atoms with van der Waals surface area (Å²) in [5.41, 5.74) is 6.60. The molecule has 116 valence electrons. The zero-order chi connectivity index (χ0) is 13.9. The lowest BCUT2D eigenvalue weighted by molar-refractivity contribution is -0.156. The van der Waals surface area contributed by atoms with Crippen LogP contribution in [0.15, 0.2) is 0 Å². The molecule has 3 aliphatic carbocycles. The summed E-state index contributed by atoms with van der Waals surface area (Å²) in [5.74, 6) is 0. The van der Waals surface area contributed by atoms with Gasteiger partial charge >= 0.3 is 6.09 Å². The predicted molar refractivity (Wildman–Crippen MR) is 80.9 cm³/mol. The standard InChI is InChI=1S/C15H26N2O2.ClH/c1-13(2,3)19-12(18)17-11-6-15(7-11)8-14(9-15)4-10(16)5-14;/h10-11H,4-9,16H2,1-3H3,(H,17,18);1H. The molecule has 5 heteroatoms. The molecule has 3 saturated carbocycles. The molecule has 1 amide bonds. The Hall–Kier alpha value is -0.480. The maximum absolute atomic E-state index is 11.7. The molecule has 0 unspecified atom stereocenters. The van der Waals surface area contributed by atoms with E-state index < -0.39 is 5.60 Å². The van der Waals surface area contributed by atoms with Crippen LogP contribution in [-0.2, 0) is 4.74 Å². The zero-order valence-electron chi connectivity index (χ0n) is 12.7. The van der Waals surface area contributed by atoms with E-state index in [9.17, 15) is 4.79 Å². The second-order valence-corrected chi connectivity index (χ2v) is 8.27. The maximum atomic E-state index is 11.7. The topological polar surface area (TPSA) is 64.3 Å². The monoisotopic (exact) mass is 302 g/mol. The van der Waals surface area contributed by atoms with Gasteiger partial charge in [-0.1, -0.05) is 0 Å². The third kappa shape index (κ3) is 2.91. The van der Waals surface area contributed by atoms with Gasteiger partial charge < -0.3 is 15.8 Å². The molecular weight excluding hydrogens is 276 g/mol. The number of amides is 1. The Morgan fingerprint density at radius 1 is 1.15 bits per heavy atom. The van der Waals surface area contributed by atoms with Crippen molar-refractivity contribution in [3.05, 3.63) is 0 Å². The molecule has 0 saturated heterocycles. The summed E-state index contributed by atoms with van der Waals surface area (Å²) in [6.45, 7) is 5.68. The minimum Gasteiger partial charge on any atom is -0.444 e. The Balaban J connectivity index is 0.00000147. The minimum atomic E-state index is -0.409. The van der Waals surface area contributed by atoms with Crippen LogP contribution < -0.4 is 11.1 Å². The average Bonchev–Trinajstić information content (AvgIpc) is 2.05. The highest BCUT2D eigenvalue weighted by Gasteiger charge is 2.63. The van der Waals surface area contributed by atoms with E-state index in [-0.39, 0.29) is 18.5 Å². The molecule has 3 fully saturated rings. The van der Waals surface area contributed by atoms with Crippen LogP contribution in [0.1, 0.15) is 59.3 Å². The van der Waals surface area contributed by atoms with Crippen molar-refractivity contribution in [1.29, 1.82) is 0 Å². The molecule has 0 aromatic heterocycles. The zero-order valence-corrected chi connectivity index (χ0v) is 13.5. The highest BCUT2D eigenvalue weighted by atomic mass is 35.5. The first kappa shape index (κ1) is 15.9. The Morgan fingerprint density at radius 3 is 2.10 bits per heavy atom. The fourth-order valence-corrected chi connectivity index (χ4v) is 4.73. The Kier molecular flexibility index (Phi) is 3.79. The lowest BCUT2D eigenvalue weighted by Gasteiger charge is -2.68. The van der Waals surface area contributed by atoms with Crippen LogP contribution in [0.5, 0.6) is 0 Å². The van der Waals surface area contributed by atoms with Crippen LogP contribution in [0.25, 0.3) is 0 Å². The van der Waals surface area contributed by atoms with E-state index in [1.165, 1.54) is 25.7 Å². The number of halogens is 1. The fourth-order valence-electron chi connectivity index (χ4n) is 4.73. The van der Waals surface area contributed by atoms with Crippen molar-refractivity contribution in [2.45, 2.75) is 77.0 Å². The molecule has 3 rings (SSSR count). The summed E-state index contributed by atoms with van der Waals surface area (Å²) < 4.78 is 5.28. The SMILES string of the molecule is CC(C)(C)OC(=O)NC1CC2(C1)CC1(CC(N)C1)C2.Cl. The van der Waals surface area contributed by atoms with E-state index >= 15 is 0 Å². The van der Waals surface area contributed by atoms with Crippen molar-refractivity contribution in [3.63, 3.8) is 0 Å². The number of ether oxygens (including phenoxy) is 1. The molecule has 0 atom stereocenters. The van der Waals surface area contributed by atoms with Crippen molar-refractivity contribution in [1.82, 2.24) is 5.32 Å². The number of hydrogen-bond donors (Lipinski definition) is 2. The van der Waals surface area contributed by atoms with E-state index in [2.05, 4.69) is 5.32 Å². The van der Waals surface area contributed by atoms with Gasteiger partial charge in [-0.3, -0.25) is 0 Å². The van der Waals surface area contributed by atoms with Gasteiger partial charge in [-0.05, 0) is 70.1 Å². The Morgan fingerprint density at radius 2 is 1.65 bits per heavy atom. The average molecular weight is 303 g/mol. The Labute approximate surface area is 127 Å². The van der Waals surface area contributed by atoms with Crippen molar-refractivity contribution in [2.24, 2.45) is 16.6 Å². The van der Waals surface area contributed by atoms with E-state index in [0.717, 1.165) is 12.8 Å². The molecule has 0 radical (unpaired) electrons. The summed E-state index contributed by atoms with van der Waals surface area (Å²) in [5, 5.41) is 2.98. The number of alkyl carbamates (subject to hydrolysis) is 1. The number of carbonyl (C=O) groups is 1. The van der Waals surface area contributed by atoms with Crippen molar-refractivity contribution in [3.8, 4) is 0 Å². The summed E-state index contributed by atoms with van der Waals surface area (Å²) >= 11 is 0. The van der Waals surface area contributed by atoms with Crippen LogP contribution in [0, 0.1) is 10.8 Å². The molecule has 0 aromatic rings. The fraction of sp³-hybridized carbons (Fsp3) is 0.933. The van der Waals surface area contributed by atoms with E-state index in [1.54, 1.807) is 0 Å². The number of nitrogens with one attached hydrogen (secondary N) is 1. The minimum absolute atomic E-state index is 0. The van der Waals surface area contributed by atoms with E-state index in [0.29, 0.717) is 22.9 Å². The largest absolute Gasteiger partial charge is 0.444 e. The van der Waals surface area contributed by atoms with Gasteiger partial charge in [-0.25, -0.2) is 4.79 Å². The summed E-state index contributed by atoms with van der Waals surface area (Å²) in [6.07, 6.45) is 7.09. The third-order valence-electron chi connectivity index (χ3n) is 4.97. The van der Waals surface area contributed by atoms with Gasteiger partial charge in [0, 0.05) is 12.1 Å². The van der Waals surface area contributed by atoms with Gasteiger partial charge in [0.1, 0.15) is 5.60 Å². The van der Waals surface area contributed by atoms with Gasteiger partial charge in [0.15, 0.2) is 0 Å². The Bertz CT molecular complexity index is 383. The van der Waals surface area contributed by atoms with Gasteiger partial charge in [0.2, 0.25) is 0 Å². The van der Waals surface area contributed by atoms with Crippen LogP contribution in [0.4, 0.5) is 4.79 Å². The second-order valence-electron chi connectivity index (χ2n) is 8.27. The van der Waals surface area contributed by atoms with Gasteiger partial charge in [-0.2, -0.15) is 0 Å². The number of hydrogen-bond acceptors (Lipinski definition) is 3. The van der Waals surface area contributed by atoms with Crippen LogP contribution >= 0.6 is 12.4 Å². The van der Waals surface area contributed by atoms with Crippen molar-refractivity contribution in [2.75, 3.05) is 0 Å². The van der Waals surface area contributed by atoms with Crippen molar-refractivity contribution < 1.29 is 9.53 Å². The highest BCUT2D eigenvalue weighted by Crippen LogP contribution is 2.70. The molecular formula is C15H27ClN2O2. The van der Waals surface area contributed by atoms with E-state index in [4.69, 9.17) is 10.5 Å². The summed E-state index contributed by atoms with van der Waals surface area (Å²) in [6, 6.07) is 0.772. The van der Waals surface area contributed by atoms with Crippen LogP contribution in [-0.4, -0.2) is 23.8 Å². The lowest BCUT2D eigenvalue weighted by atomic mass is 9.38. The summed E-state index contributed by atoms with van der Waals surface area (Å²) in [4.78, 5) is 11.7. The van der Waals surface area contributed by atoms with Gasteiger partial charge in [0.25, 0.3) is 0 Å². The first-order chi connectivity index (χ1) is 8.69. The normalized spacial score (nSPS) is 42.0. The lowest BCUT2D eigenvalue weighted by Crippen LogP contribution is -2.64. The molecule has 0 aromatic carbocycles. The number of carbonyl (C=O) groups excluding carboxylic acids is 1. The quantitative estimate of drug-likeness (QED) is 0.782. The van der Waals surface area contributed by atoms with Crippen LogP contribution in [0.3, 0.4) is 0 Å². The molecule has 0 bridgehead atoms. The molecule has 20 heavy (non-hydrogen) atoms. The molecule has 3 aliphatic rings. The number of rotatable bonds is 1. The molecule has 3 N–H and O–H groups in total. The first-order valence-electron chi connectivity index (χ1n) is 7.45. The smallest absolute Gasteiger partial charge is 0.407 e. The highest BCUT2D eigenvalue weighted by molar-refractivity contribution is 5.85. The first-order valence-corrected chi connectivity index (χ1v) is 7.45. The predicted octanol–water partition coefficient (Wildman–Crippen LogP) is 2.98. The molecule has 2 spiro atoms. The summed E-state index contributed by atoms with van der Waals surface area (Å²) in [7, 11) is 0. The van der Waals surface area contributed by atoms with Crippen LogP contribution in [0.2, 0.25) is 0 Å². The second kappa shape index (κ2) is 4.77. The van der Waals surface area contributed by atoms with Gasteiger partial charge in [-0.15, -0.1) is 12.4 Å². The van der Waals surface area contributed by atoms with Gasteiger partial charge in [0.05, 0.1) is 0 Å². The molecule has 0 heterocycles. The number of nitrogens with two attached hydrogens (primary N) is 1. The third-order valence-corrected chi connectivity index (χ3v) is 4.97. The molecule has 0 aliphatic heterocycles. The van der Waals surface area contributed by atoms with Crippen molar-refractivity contribution >= 4 is 18.5 Å².